The van der Waals surface area contributed by atoms with Crippen LogP contribution >= 0.6 is 11.3 Å². The molecule has 30 heavy (non-hydrogen) atoms. The van der Waals surface area contributed by atoms with Gasteiger partial charge < -0.3 is 15.4 Å². The largest absolute Gasteiger partial charge is 0.450 e. The highest BCUT2D eigenvalue weighted by Gasteiger charge is 2.11. The van der Waals surface area contributed by atoms with Crippen molar-refractivity contribution in [3.8, 4) is 10.6 Å². The molecule has 0 aliphatic carbocycles. The molecule has 0 saturated carbocycles. The third kappa shape index (κ3) is 6.31. The smallest absolute Gasteiger partial charge is 0.407 e. The van der Waals surface area contributed by atoms with E-state index in [9.17, 15) is 9.59 Å². The first-order valence-corrected chi connectivity index (χ1v) is 10.6. The van der Waals surface area contributed by atoms with Gasteiger partial charge in [0.25, 0.3) is 0 Å². The average molecular weight is 425 g/mol. The van der Waals surface area contributed by atoms with E-state index in [0.29, 0.717) is 26.2 Å². The Hall–Kier alpha value is -3.39. The second-order valence-electron chi connectivity index (χ2n) is 6.37. The highest BCUT2D eigenvalue weighted by Crippen LogP contribution is 2.27. The first-order chi connectivity index (χ1) is 14.7. The zero-order valence-electron chi connectivity index (χ0n) is 16.7. The van der Waals surface area contributed by atoms with Crippen molar-refractivity contribution in [2.75, 3.05) is 19.7 Å². The van der Waals surface area contributed by atoms with Crippen LogP contribution in [0.5, 0.6) is 0 Å². The van der Waals surface area contributed by atoms with Crippen LogP contribution in [0.15, 0.2) is 60.1 Å². The molecule has 1 aromatic carbocycles. The maximum atomic E-state index is 12.1. The van der Waals surface area contributed by atoms with Gasteiger partial charge in [-0.2, -0.15) is 5.10 Å². The number of carbonyl (C=O) groups is 2. The number of nitrogens with one attached hydrogen (secondary N) is 2. The van der Waals surface area contributed by atoms with Crippen molar-refractivity contribution < 1.29 is 14.3 Å². The van der Waals surface area contributed by atoms with Gasteiger partial charge in [-0.25, -0.2) is 4.79 Å². The summed E-state index contributed by atoms with van der Waals surface area (Å²) >= 11 is 1.61. The number of amides is 2. The third-order valence-electron chi connectivity index (χ3n) is 4.12. The van der Waals surface area contributed by atoms with E-state index < -0.39 is 6.09 Å². The lowest BCUT2D eigenvalue weighted by molar-refractivity contribution is -0.116. The number of carbonyl (C=O) groups excluding carboxylic acids is 2. The molecule has 0 fully saturated rings. The van der Waals surface area contributed by atoms with Gasteiger partial charge in [0.1, 0.15) is 5.69 Å². The Kier molecular flexibility index (Phi) is 7.79. The second kappa shape index (κ2) is 11.0. The van der Waals surface area contributed by atoms with Gasteiger partial charge in [-0.15, -0.1) is 11.3 Å². The molecule has 0 aliphatic heterocycles. The fourth-order valence-corrected chi connectivity index (χ4v) is 3.50. The summed E-state index contributed by atoms with van der Waals surface area (Å²) in [6.07, 6.45) is 4.69. The summed E-state index contributed by atoms with van der Waals surface area (Å²) in [4.78, 5) is 24.4. The van der Waals surface area contributed by atoms with Crippen LogP contribution in [0.4, 0.5) is 4.79 Å². The number of rotatable bonds is 9. The molecule has 2 N–H and O–H groups in total. The van der Waals surface area contributed by atoms with Crippen LogP contribution in [0.1, 0.15) is 18.1 Å². The van der Waals surface area contributed by atoms with Crippen molar-refractivity contribution in [2.45, 2.75) is 13.5 Å². The zero-order valence-corrected chi connectivity index (χ0v) is 17.5. The van der Waals surface area contributed by atoms with Crippen molar-refractivity contribution in [3.63, 3.8) is 0 Å². The number of alkyl carbamates (subject to hydrolysis) is 1. The number of benzene rings is 1. The fourth-order valence-electron chi connectivity index (χ4n) is 2.77. The molecule has 3 rings (SSSR count). The van der Waals surface area contributed by atoms with E-state index in [-0.39, 0.29) is 5.91 Å². The van der Waals surface area contributed by atoms with E-state index in [1.54, 1.807) is 24.3 Å². The summed E-state index contributed by atoms with van der Waals surface area (Å²) in [6.45, 7) is 3.31. The molecule has 0 radical (unpaired) electrons. The van der Waals surface area contributed by atoms with Gasteiger partial charge >= 0.3 is 6.09 Å². The number of hydrogen-bond donors (Lipinski definition) is 2. The van der Waals surface area contributed by atoms with E-state index in [1.807, 2.05) is 46.6 Å². The summed E-state index contributed by atoms with van der Waals surface area (Å²) in [7, 11) is 0. The normalized spacial score (nSPS) is 10.8. The van der Waals surface area contributed by atoms with Crippen LogP contribution in [-0.2, 0) is 16.1 Å². The quantitative estimate of drug-likeness (QED) is 0.406. The van der Waals surface area contributed by atoms with Crippen LogP contribution in [0, 0.1) is 0 Å². The number of hydrogen-bond acceptors (Lipinski definition) is 5. The van der Waals surface area contributed by atoms with Gasteiger partial charge in [0.05, 0.1) is 18.0 Å². The van der Waals surface area contributed by atoms with E-state index >= 15 is 0 Å². The predicted octanol–water partition coefficient (Wildman–Crippen LogP) is 3.54. The van der Waals surface area contributed by atoms with Crippen LogP contribution in [0.25, 0.3) is 16.6 Å². The van der Waals surface area contributed by atoms with E-state index in [1.165, 1.54) is 6.08 Å². The molecule has 3 aromatic rings. The molecule has 2 heterocycles. The summed E-state index contributed by atoms with van der Waals surface area (Å²) in [5.74, 6) is -0.242. The minimum absolute atomic E-state index is 0.242. The van der Waals surface area contributed by atoms with Gasteiger partial charge in [-0.3, -0.25) is 9.48 Å². The lowest BCUT2D eigenvalue weighted by Gasteiger charge is -2.05. The fraction of sp³-hybridized carbons (Fsp3) is 0.227. The number of nitrogens with zero attached hydrogens (tertiary/aromatic N) is 2. The molecule has 8 heteroatoms. The zero-order chi connectivity index (χ0) is 21.2. The number of aromatic nitrogens is 2. The van der Waals surface area contributed by atoms with Crippen molar-refractivity contribution in [1.29, 1.82) is 0 Å². The highest BCUT2D eigenvalue weighted by atomic mass is 32.1. The number of ether oxygens (including phenoxy) is 1. The molecule has 2 aromatic heterocycles. The van der Waals surface area contributed by atoms with Gasteiger partial charge in [-0.05, 0) is 30.0 Å². The third-order valence-corrected chi connectivity index (χ3v) is 4.99. The number of thiophene rings is 1. The lowest BCUT2D eigenvalue weighted by Crippen LogP contribution is -2.34. The molecule has 0 bridgehead atoms. The lowest BCUT2D eigenvalue weighted by atomic mass is 10.2. The topological polar surface area (TPSA) is 85.3 Å². The van der Waals surface area contributed by atoms with Gasteiger partial charge in [0.2, 0.25) is 5.91 Å². The second-order valence-corrected chi connectivity index (χ2v) is 7.31. The van der Waals surface area contributed by atoms with E-state index in [0.717, 1.165) is 21.7 Å². The molecule has 7 nitrogen and oxygen atoms in total. The Bertz CT molecular complexity index is 981. The maximum absolute atomic E-state index is 12.1. The molecular formula is C22H24N4O3S. The highest BCUT2D eigenvalue weighted by molar-refractivity contribution is 7.13. The van der Waals surface area contributed by atoms with Crippen molar-refractivity contribution in [2.24, 2.45) is 0 Å². The Morgan fingerprint density at radius 2 is 1.93 bits per heavy atom. The van der Waals surface area contributed by atoms with Gasteiger partial charge in [-0.1, -0.05) is 36.4 Å². The first-order valence-electron chi connectivity index (χ1n) is 9.67. The van der Waals surface area contributed by atoms with Crippen LogP contribution in [0.2, 0.25) is 0 Å². The molecule has 0 saturated heterocycles. The molecule has 0 unspecified atom stereocenters. The summed E-state index contributed by atoms with van der Waals surface area (Å²) in [6, 6.07) is 14.1. The molecule has 156 valence electrons. The minimum atomic E-state index is -0.492. The first kappa shape index (κ1) is 21.3. The Labute approximate surface area is 179 Å². The summed E-state index contributed by atoms with van der Waals surface area (Å²) < 4.78 is 6.64. The Morgan fingerprint density at radius 3 is 2.67 bits per heavy atom. The van der Waals surface area contributed by atoms with E-state index in [4.69, 9.17) is 9.84 Å². The summed E-state index contributed by atoms with van der Waals surface area (Å²) in [5, 5.41) is 12.0. The molecular weight excluding hydrogens is 400 g/mol. The maximum Gasteiger partial charge on any atom is 0.407 e. The van der Waals surface area contributed by atoms with Crippen LogP contribution in [-0.4, -0.2) is 41.5 Å². The van der Waals surface area contributed by atoms with Crippen molar-refractivity contribution in [3.05, 3.63) is 71.2 Å². The Morgan fingerprint density at radius 1 is 1.13 bits per heavy atom. The van der Waals surface area contributed by atoms with Crippen LogP contribution in [0.3, 0.4) is 0 Å². The molecule has 0 atom stereocenters. The standard InChI is InChI=1S/C22H24N4O3S/c1-2-29-22(28)24-13-12-23-20(27)11-10-18-16-26(15-17-7-4-3-5-8-17)25-21(18)19-9-6-14-30-19/h3-11,14,16H,2,12-13,15H2,1H3,(H,23,27)(H,24,28)/b11-10+. The van der Waals surface area contributed by atoms with Crippen molar-refractivity contribution in [1.82, 2.24) is 20.4 Å². The minimum Gasteiger partial charge on any atom is -0.450 e. The molecule has 0 aliphatic rings. The van der Waals surface area contributed by atoms with Crippen LogP contribution < -0.4 is 10.6 Å². The van der Waals surface area contributed by atoms with Gasteiger partial charge in [0, 0.05) is 30.9 Å². The molecule has 0 spiro atoms. The summed E-state index contributed by atoms with van der Waals surface area (Å²) in [5.41, 5.74) is 2.86. The SMILES string of the molecule is CCOC(=O)NCCNC(=O)/C=C/c1cn(Cc2ccccc2)nc1-c1cccs1. The van der Waals surface area contributed by atoms with Gasteiger partial charge in [0.15, 0.2) is 0 Å². The average Bonchev–Trinajstić information content (AvgIpc) is 3.40. The van der Waals surface area contributed by atoms with Crippen molar-refractivity contribution >= 4 is 29.4 Å². The monoisotopic (exact) mass is 424 g/mol. The van der Waals surface area contributed by atoms with E-state index in [2.05, 4.69) is 22.8 Å². The Balaban J connectivity index is 1.63. The molecule has 2 amide bonds. The predicted molar refractivity (Wildman–Crippen MR) is 118 cm³/mol.